The van der Waals surface area contributed by atoms with E-state index in [0.717, 1.165) is 12.1 Å². The van der Waals surface area contributed by atoms with E-state index in [9.17, 15) is 4.39 Å². The standard InChI is InChI=1S/C10H13BrFN/c1-7(2)13-6-8-3-4-10(12)9(11)5-8/h3-5,7,13H,6H2,1-2H3. The molecule has 1 aromatic rings. The molecule has 0 spiro atoms. The Hall–Kier alpha value is -0.410. The van der Waals surface area contributed by atoms with E-state index in [1.54, 1.807) is 12.1 Å². The summed E-state index contributed by atoms with van der Waals surface area (Å²) in [5.74, 6) is -0.215. The fourth-order valence-corrected chi connectivity index (χ4v) is 1.40. The molecule has 72 valence electrons. The summed E-state index contributed by atoms with van der Waals surface area (Å²) in [4.78, 5) is 0. The third-order valence-electron chi connectivity index (χ3n) is 1.70. The van der Waals surface area contributed by atoms with Crippen LogP contribution in [0.3, 0.4) is 0 Å². The fourth-order valence-electron chi connectivity index (χ4n) is 0.972. The van der Waals surface area contributed by atoms with Gasteiger partial charge in [-0.05, 0) is 33.6 Å². The lowest BCUT2D eigenvalue weighted by molar-refractivity contribution is 0.585. The first-order chi connectivity index (χ1) is 6.09. The molecule has 0 aliphatic rings. The van der Waals surface area contributed by atoms with Crippen LogP contribution in [-0.4, -0.2) is 6.04 Å². The van der Waals surface area contributed by atoms with Crippen LogP contribution in [-0.2, 0) is 6.54 Å². The zero-order chi connectivity index (χ0) is 9.84. The zero-order valence-corrected chi connectivity index (χ0v) is 9.36. The van der Waals surface area contributed by atoms with Crippen molar-refractivity contribution in [3.63, 3.8) is 0 Å². The highest BCUT2D eigenvalue weighted by atomic mass is 79.9. The van der Waals surface area contributed by atoms with Gasteiger partial charge in [-0.15, -0.1) is 0 Å². The Labute approximate surface area is 86.5 Å². The Kier molecular flexibility index (Phi) is 3.88. The molecule has 13 heavy (non-hydrogen) atoms. The van der Waals surface area contributed by atoms with Crippen molar-refractivity contribution in [1.29, 1.82) is 0 Å². The highest BCUT2D eigenvalue weighted by molar-refractivity contribution is 9.10. The van der Waals surface area contributed by atoms with Gasteiger partial charge in [-0.1, -0.05) is 19.9 Å². The molecule has 0 unspecified atom stereocenters. The molecule has 0 atom stereocenters. The lowest BCUT2D eigenvalue weighted by Gasteiger charge is -2.08. The molecular formula is C10H13BrFN. The second-order valence-corrected chi connectivity index (χ2v) is 4.14. The largest absolute Gasteiger partial charge is 0.310 e. The summed E-state index contributed by atoms with van der Waals surface area (Å²) in [6, 6.07) is 5.51. The van der Waals surface area contributed by atoms with Gasteiger partial charge in [0.1, 0.15) is 5.82 Å². The summed E-state index contributed by atoms with van der Waals surface area (Å²) in [6.45, 7) is 4.94. The Balaban J connectivity index is 2.63. The molecular weight excluding hydrogens is 233 g/mol. The van der Waals surface area contributed by atoms with Crippen molar-refractivity contribution in [1.82, 2.24) is 5.32 Å². The number of benzene rings is 1. The van der Waals surface area contributed by atoms with Crippen molar-refractivity contribution in [2.24, 2.45) is 0 Å². The number of nitrogens with one attached hydrogen (secondary N) is 1. The van der Waals surface area contributed by atoms with Gasteiger partial charge in [0.15, 0.2) is 0 Å². The highest BCUT2D eigenvalue weighted by Crippen LogP contribution is 2.16. The van der Waals surface area contributed by atoms with Gasteiger partial charge >= 0.3 is 0 Å². The third kappa shape index (κ3) is 3.44. The fraction of sp³-hybridized carbons (Fsp3) is 0.400. The van der Waals surface area contributed by atoms with Crippen LogP contribution in [0.5, 0.6) is 0 Å². The quantitative estimate of drug-likeness (QED) is 0.864. The van der Waals surface area contributed by atoms with E-state index in [1.807, 2.05) is 0 Å². The number of rotatable bonds is 3. The van der Waals surface area contributed by atoms with Crippen LogP contribution in [0.25, 0.3) is 0 Å². The van der Waals surface area contributed by atoms with Gasteiger partial charge in [0.2, 0.25) is 0 Å². The SMILES string of the molecule is CC(C)NCc1ccc(F)c(Br)c1. The van der Waals surface area contributed by atoms with Crippen molar-refractivity contribution >= 4 is 15.9 Å². The van der Waals surface area contributed by atoms with Crippen molar-refractivity contribution in [2.45, 2.75) is 26.4 Å². The molecule has 1 nitrogen and oxygen atoms in total. The van der Waals surface area contributed by atoms with Crippen LogP contribution in [0.15, 0.2) is 22.7 Å². The average molecular weight is 246 g/mol. The Bertz CT molecular complexity index is 286. The minimum absolute atomic E-state index is 0.215. The summed E-state index contributed by atoms with van der Waals surface area (Å²) >= 11 is 3.15. The van der Waals surface area contributed by atoms with E-state index in [1.165, 1.54) is 6.07 Å². The van der Waals surface area contributed by atoms with E-state index in [4.69, 9.17) is 0 Å². The minimum atomic E-state index is -0.215. The van der Waals surface area contributed by atoms with Crippen molar-refractivity contribution in [3.8, 4) is 0 Å². The molecule has 0 heterocycles. The van der Waals surface area contributed by atoms with E-state index >= 15 is 0 Å². The summed E-state index contributed by atoms with van der Waals surface area (Å²) < 4.78 is 13.4. The molecule has 0 bridgehead atoms. The summed E-state index contributed by atoms with van der Waals surface area (Å²) in [5, 5.41) is 3.27. The van der Waals surface area contributed by atoms with Crippen molar-refractivity contribution in [3.05, 3.63) is 34.1 Å². The number of hydrogen-bond donors (Lipinski definition) is 1. The molecule has 0 radical (unpaired) electrons. The monoisotopic (exact) mass is 245 g/mol. The Morgan fingerprint density at radius 3 is 2.69 bits per heavy atom. The van der Waals surface area contributed by atoms with E-state index < -0.39 is 0 Å². The molecule has 1 aromatic carbocycles. The summed E-state index contributed by atoms with van der Waals surface area (Å²) in [7, 11) is 0. The van der Waals surface area contributed by atoms with Gasteiger partial charge in [0, 0.05) is 12.6 Å². The van der Waals surface area contributed by atoms with Gasteiger partial charge < -0.3 is 5.32 Å². The minimum Gasteiger partial charge on any atom is -0.310 e. The van der Waals surface area contributed by atoms with Gasteiger partial charge in [0.25, 0.3) is 0 Å². The normalized spacial score (nSPS) is 10.8. The number of hydrogen-bond acceptors (Lipinski definition) is 1. The first-order valence-corrected chi connectivity index (χ1v) is 5.06. The van der Waals surface area contributed by atoms with Crippen LogP contribution in [0, 0.1) is 5.82 Å². The molecule has 0 fully saturated rings. The molecule has 0 aliphatic carbocycles. The predicted octanol–water partition coefficient (Wildman–Crippen LogP) is 3.09. The van der Waals surface area contributed by atoms with Gasteiger partial charge in [0.05, 0.1) is 4.47 Å². The topological polar surface area (TPSA) is 12.0 Å². The van der Waals surface area contributed by atoms with Gasteiger partial charge in [-0.25, -0.2) is 4.39 Å². The van der Waals surface area contributed by atoms with Crippen LogP contribution in [0.4, 0.5) is 4.39 Å². The van der Waals surface area contributed by atoms with E-state index in [0.29, 0.717) is 10.5 Å². The van der Waals surface area contributed by atoms with Crippen LogP contribution in [0.1, 0.15) is 19.4 Å². The molecule has 3 heteroatoms. The second-order valence-electron chi connectivity index (χ2n) is 3.28. The molecule has 1 N–H and O–H groups in total. The lowest BCUT2D eigenvalue weighted by atomic mass is 10.2. The average Bonchev–Trinajstić information content (AvgIpc) is 2.07. The highest BCUT2D eigenvalue weighted by Gasteiger charge is 2.00. The Morgan fingerprint density at radius 1 is 1.46 bits per heavy atom. The van der Waals surface area contributed by atoms with Crippen LogP contribution in [0.2, 0.25) is 0 Å². The Morgan fingerprint density at radius 2 is 2.15 bits per heavy atom. The molecule has 0 amide bonds. The predicted molar refractivity (Wildman–Crippen MR) is 56.1 cm³/mol. The maximum atomic E-state index is 12.8. The van der Waals surface area contributed by atoms with Crippen LogP contribution >= 0.6 is 15.9 Å². The summed E-state index contributed by atoms with van der Waals surface area (Å²) in [5.41, 5.74) is 1.09. The molecule has 0 aliphatic heterocycles. The smallest absolute Gasteiger partial charge is 0.137 e. The molecule has 0 aromatic heterocycles. The first-order valence-electron chi connectivity index (χ1n) is 4.27. The lowest BCUT2D eigenvalue weighted by Crippen LogP contribution is -2.21. The van der Waals surface area contributed by atoms with Crippen molar-refractivity contribution < 1.29 is 4.39 Å². The molecule has 0 saturated heterocycles. The van der Waals surface area contributed by atoms with E-state index in [2.05, 4.69) is 35.1 Å². The summed E-state index contributed by atoms with van der Waals surface area (Å²) in [6.07, 6.45) is 0. The molecule has 1 rings (SSSR count). The van der Waals surface area contributed by atoms with Gasteiger partial charge in [-0.2, -0.15) is 0 Å². The third-order valence-corrected chi connectivity index (χ3v) is 2.31. The molecule has 0 saturated carbocycles. The first kappa shape index (κ1) is 10.7. The second kappa shape index (κ2) is 4.72. The number of halogens is 2. The maximum absolute atomic E-state index is 12.8. The zero-order valence-electron chi connectivity index (χ0n) is 7.77. The van der Waals surface area contributed by atoms with Crippen LogP contribution < -0.4 is 5.32 Å². The maximum Gasteiger partial charge on any atom is 0.137 e. The van der Waals surface area contributed by atoms with Gasteiger partial charge in [-0.3, -0.25) is 0 Å². The van der Waals surface area contributed by atoms with E-state index in [-0.39, 0.29) is 5.82 Å². The van der Waals surface area contributed by atoms with Crippen molar-refractivity contribution in [2.75, 3.05) is 0 Å².